The Kier molecular flexibility index (Phi) is 8.96. The van der Waals surface area contributed by atoms with Crippen molar-refractivity contribution in [2.75, 3.05) is 19.8 Å². The number of rotatable bonds is 10. The molecule has 1 saturated heterocycles. The highest BCUT2D eigenvalue weighted by Gasteiger charge is 2.28. The highest BCUT2D eigenvalue weighted by Crippen LogP contribution is 2.44. The van der Waals surface area contributed by atoms with Gasteiger partial charge in [-0.05, 0) is 31.1 Å². The van der Waals surface area contributed by atoms with Crippen molar-refractivity contribution in [1.82, 2.24) is 10.2 Å². The molecular weight excluding hydrogens is 359 g/mol. The van der Waals surface area contributed by atoms with Crippen LogP contribution in [-0.4, -0.2) is 54.3 Å². The maximum Gasteiger partial charge on any atom is 0.328 e. The van der Waals surface area contributed by atoms with Gasteiger partial charge < -0.3 is 19.1 Å². The molecule has 150 valence electrons. The Balaban J connectivity index is 2.31. The molecule has 3 unspecified atom stereocenters. The Morgan fingerprint density at radius 2 is 2.12 bits per heavy atom. The topological polar surface area (TPSA) is 105 Å². The molecule has 1 rings (SSSR count). The number of nitrogens with zero attached hydrogens (tertiary/aromatic N) is 1. The third-order valence-corrected chi connectivity index (χ3v) is 5.28. The normalized spacial score (nSPS) is 23.0. The van der Waals surface area contributed by atoms with Gasteiger partial charge in [-0.3, -0.25) is 19.5 Å². The lowest BCUT2D eigenvalue weighted by atomic mass is 9.99. The lowest BCUT2D eigenvalue weighted by Crippen LogP contribution is -2.28. The molecule has 1 heterocycles. The van der Waals surface area contributed by atoms with E-state index in [0.29, 0.717) is 19.3 Å². The van der Waals surface area contributed by atoms with Crippen LogP contribution < -0.4 is 5.32 Å². The van der Waals surface area contributed by atoms with Crippen molar-refractivity contribution in [3.63, 3.8) is 0 Å². The summed E-state index contributed by atoms with van der Waals surface area (Å²) in [5.41, 5.74) is -0.152. The van der Waals surface area contributed by atoms with Gasteiger partial charge in [-0.1, -0.05) is 20.8 Å². The summed E-state index contributed by atoms with van der Waals surface area (Å²) < 4.78 is 23.1. The van der Waals surface area contributed by atoms with Gasteiger partial charge in [0, 0.05) is 19.3 Å². The maximum absolute atomic E-state index is 12.0. The van der Waals surface area contributed by atoms with E-state index in [9.17, 15) is 19.0 Å². The highest BCUT2D eigenvalue weighted by atomic mass is 31.2. The van der Waals surface area contributed by atoms with Crippen LogP contribution in [0, 0.1) is 5.41 Å². The molecular formula is C17H31N2O6P. The molecule has 26 heavy (non-hydrogen) atoms. The first kappa shape index (κ1) is 22.8. The molecule has 0 saturated carbocycles. The predicted octanol–water partition coefficient (Wildman–Crippen LogP) is 2.24. The molecule has 8 nitrogen and oxygen atoms in total. The molecule has 3 atom stereocenters. The monoisotopic (exact) mass is 390 g/mol. The molecule has 1 aliphatic rings. The third kappa shape index (κ3) is 9.48. The minimum atomic E-state index is -3.56. The van der Waals surface area contributed by atoms with E-state index in [1.165, 1.54) is 6.08 Å². The quantitative estimate of drug-likeness (QED) is 0.335. The first-order valence-corrected chi connectivity index (χ1v) is 10.5. The Hall–Kier alpha value is -1.21. The number of nitrogens with one attached hydrogen (secondary N) is 1. The van der Waals surface area contributed by atoms with Crippen LogP contribution in [0.5, 0.6) is 0 Å². The van der Waals surface area contributed by atoms with Crippen molar-refractivity contribution in [1.29, 1.82) is 0 Å². The standard InChI is InChI=1S/C17H31N2O6P/c1-17(2,3)12-24-26(22,23)11-5-6-14-7-8-16(25-14)19(4)10-9-15(21)18-13-20/h9-10,13-14,16H,5-8,11-12H2,1-4H3,(H,22,23)(H,18,20,21)/b10-9-. The number of carbonyl (C=O) groups excluding carboxylic acids is 2. The van der Waals surface area contributed by atoms with Crippen molar-refractivity contribution in [3.8, 4) is 0 Å². The van der Waals surface area contributed by atoms with E-state index < -0.39 is 13.5 Å². The molecule has 0 aliphatic carbocycles. The average Bonchev–Trinajstić information content (AvgIpc) is 2.99. The van der Waals surface area contributed by atoms with Crippen LogP contribution in [-0.2, 0) is 23.4 Å². The highest BCUT2D eigenvalue weighted by molar-refractivity contribution is 7.52. The number of hydrogen-bond donors (Lipinski definition) is 2. The second-order valence-corrected chi connectivity index (χ2v) is 9.72. The summed E-state index contributed by atoms with van der Waals surface area (Å²) >= 11 is 0. The molecule has 1 fully saturated rings. The zero-order valence-corrected chi connectivity index (χ0v) is 16.9. The van der Waals surface area contributed by atoms with Crippen LogP contribution in [0.15, 0.2) is 12.3 Å². The van der Waals surface area contributed by atoms with E-state index >= 15 is 0 Å². The van der Waals surface area contributed by atoms with E-state index in [4.69, 9.17) is 9.26 Å². The van der Waals surface area contributed by atoms with Gasteiger partial charge in [-0.25, -0.2) is 0 Å². The summed E-state index contributed by atoms with van der Waals surface area (Å²) in [6, 6.07) is 0. The molecule has 9 heteroatoms. The predicted molar refractivity (Wildman–Crippen MR) is 98.3 cm³/mol. The molecule has 0 spiro atoms. The van der Waals surface area contributed by atoms with Gasteiger partial charge in [-0.2, -0.15) is 0 Å². The van der Waals surface area contributed by atoms with Gasteiger partial charge >= 0.3 is 7.60 Å². The molecule has 0 aromatic rings. The Bertz CT molecular complexity index is 546. The van der Waals surface area contributed by atoms with Gasteiger partial charge in [0.05, 0.1) is 18.9 Å². The van der Waals surface area contributed by atoms with E-state index in [0.717, 1.165) is 12.8 Å². The van der Waals surface area contributed by atoms with Gasteiger partial charge in [0.15, 0.2) is 0 Å². The molecule has 0 bridgehead atoms. The van der Waals surface area contributed by atoms with Crippen LogP contribution in [0.3, 0.4) is 0 Å². The number of hydrogen-bond acceptors (Lipinski definition) is 6. The Morgan fingerprint density at radius 3 is 2.73 bits per heavy atom. The van der Waals surface area contributed by atoms with E-state index in [1.54, 1.807) is 18.1 Å². The largest absolute Gasteiger partial charge is 0.355 e. The number of imide groups is 1. The van der Waals surface area contributed by atoms with Crippen molar-refractivity contribution in [2.45, 2.75) is 58.8 Å². The van der Waals surface area contributed by atoms with Crippen LogP contribution in [0.4, 0.5) is 0 Å². The van der Waals surface area contributed by atoms with Crippen molar-refractivity contribution in [2.24, 2.45) is 5.41 Å². The van der Waals surface area contributed by atoms with Crippen LogP contribution in [0.2, 0.25) is 0 Å². The summed E-state index contributed by atoms with van der Waals surface area (Å²) in [6.07, 6.45) is 6.03. The fourth-order valence-electron chi connectivity index (χ4n) is 2.46. The third-order valence-electron chi connectivity index (χ3n) is 3.87. The molecule has 2 amide bonds. The average molecular weight is 390 g/mol. The van der Waals surface area contributed by atoms with Gasteiger partial charge in [0.1, 0.15) is 6.23 Å². The van der Waals surface area contributed by atoms with E-state index in [-0.39, 0.29) is 30.5 Å². The molecule has 0 radical (unpaired) electrons. The van der Waals surface area contributed by atoms with E-state index in [2.05, 4.69) is 0 Å². The first-order chi connectivity index (χ1) is 12.0. The first-order valence-electron chi connectivity index (χ1n) is 8.78. The van der Waals surface area contributed by atoms with E-state index in [1.807, 2.05) is 26.1 Å². The second-order valence-electron chi connectivity index (χ2n) is 7.74. The smallest absolute Gasteiger partial charge is 0.328 e. The number of amides is 2. The number of ether oxygens (including phenoxy) is 1. The minimum absolute atomic E-state index is 0.0160. The second kappa shape index (κ2) is 10.2. The molecule has 0 aromatic heterocycles. The summed E-state index contributed by atoms with van der Waals surface area (Å²) in [6.45, 7) is 6.10. The summed E-state index contributed by atoms with van der Waals surface area (Å²) in [4.78, 5) is 33.0. The van der Waals surface area contributed by atoms with Crippen molar-refractivity contribution >= 4 is 19.9 Å². The molecule has 0 aromatic carbocycles. The summed E-state index contributed by atoms with van der Waals surface area (Å²) in [5, 5.41) is 2.03. The molecule has 1 aliphatic heterocycles. The Labute approximate surface area is 155 Å². The molecule has 2 N–H and O–H groups in total. The van der Waals surface area contributed by atoms with Crippen LogP contribution in [0.1, 0.15) is 46.5 Å². The Morgan fingerprint density at radius 1 is 1.42 bits per heavy atom. The lowest BCUT2D eigenvalue weighted by Gasteiger charge is -2.23. The van der Waals surface area contributed by atoms with Crippen LogP contribution in [0.25, 0.3) is 0 Å². The summed E-state index contributed by atoms with van der Waals surface area (Å²) in [7, 11) is -1.77. The van der Waals surface area contributed by atoms with Gasteiger partial charge in [0.25, 0.3) is 5.91 Å². The minimum Gasteiger partial charge on any atom is -0.355 e. The SMILES string of the molecule is CN(/C=C\C(=O)NC=O)C1CCC(CCCP(=O)(O)OCC(C)(C)C)O1. The zero-order chi connectivity index (χ0) is 19.8. The summed E-state index contributed by atoms with van der Waals surface area (Å²) in [5.74, 6) is -0.490. The fourth-order valence-corrected chi connectivity index (χ4v) is 3.76. The zero-order valence-electron chi connectivity index (χ0n) is 16.0. The fraction of sp³-hybridized carbons (Fsp3) is 0.765. The van der Waals surface area contributed by atoms with Gasteiger partial charge in [0.2, 0.25) is 6.41 Å². The van der Waals surface area contributed by atoms with Crippen LogP contribution >= 0.6 is 7.60 Å². The number of carbonyl (C=O) groups is 2. The van der Waals surface area contributed by atoms with Crippen molar-refractivity contribution < 1.29 is 28.3 Å². The van der Waals surface area contributed by atoms with Gasteiger partial charge in [-0.15, -0.1) is 0 Å². The maximum atomic E-state index is 12.0. The lowest BCUT2D eigenvalue weighted by molar-refractivity contribution is -0.121. The van der Waals surface area contributed by atoms with Crippen molar-refractivity contribution in [3.05, 3.63) is 12.3 Å².